The molecule has 1 aliphatic heterocycles. The highest BCUT2D eigenvalue weighted by Crippen LogP contribution is 2.26. The first-order valence-electron chi connectivity index (χ1n) is 6.82. The van der Waals surface area contributed by atoms with E-state index in [0.29, 0.717) is 5.56 Å². The molecule has 0 saturated heterocycles. The summed E-state index contributed by atoms with van der Waals surface area (Å²) in [5.74, 6) is -0.176. The van der Waals surface area contributed by atoms with Gasteiger partial charge in [0.15, 0.2) is 0 Å². The number of hydrogen-bond donors (Lipinski definition) is 1. The largest absolute Gasteiger partial charge is 0.385 e. The molecule has 116 valence electrons. The molecule has 0 saturated carbocycles. The first-order chi connectivity index (χ1) is 9.50. The normalized spacial score (nSPS) is 12.5. The van der Waals surface area contributed by atoms with Crippen LogP contribution in [0.4, 0.5) is 5.69 Å². The minimum atomic E-state index is -0.0965. The van der Waals surface area contributed by atoms with E-state index in [9.17, 15) is 9.59 Å². The molecule has 6 heteroatoms. The Morgan fingerprint density at radius 3 is 2.62 bits per heavy atom. The zero-order valence-electron chi connectivity index (χ0n) is 12.7. The molecule has 2 amide bonds. The molecular weight excluding hydrogens is 290 g/mol. The van der Waals surface area contributed by atoms with Crippen molar-refractivity contribution < 1.29 is 9.59 Å². The van der Waals surface area contributed by atoms with Gasteiger partial charge in [-0.25, -0.2) is 0 Å². The van der Waals surface area contributed by atoms with Gasteiger partial charge in [0, 0.05) is 38.9 Å². The average molecular weight is 312 g/mol. The van der Waals surface area contributed by atoms with Crippen molar-refractivity contribution in [2.75, 3.05) is 39.5 Å². The van der Waals surface area contributed by atoms with Gasteiger partial charge < -0.3 is 15.1 Å². The fourth-order valence-corrected chi connectivity index (χ4v) is 2.33. The van der Waals surface area contributed by atoms with Crippen molar-refractivity contribution in [2.24, 2.45) is 0 Å². The van der Waals surface area contributed by atoms with Gasteiger partial charge in [0.25, 0.3) is 5.91 Å². The van der Waals surface area contributed by atoms with Crippen LogP contribution in [-0.2, 0) is 11.2 Å². The molecule has 1 aromatic carbocycles. The molecule has 0 bridgehead atoms. The maximum Gasteiger partial charge on any atom is 0.254 e. The van der Waals surface area contributed by atoms with Crippen LogP contribution < -0.4 is 5.32 Å². The molecule has 0 fully saturated rings. The highest BCUT2D eigenvalue weighted by atomic mass is 35.5. The van der Waals surface area contributed by atoms with E-state index >= 15 is 0 Å². The number of nitrogens with one attached hydrogen (secondary N) is 1. The van der Waals surface area contributed by atoms with E-state index in [1.807, 2.05) is 18.2 Å². The van der Waals surface area contributed by atoms with Crippen LogP contribution in [0.3, 0.4) is 0 Å². The quantitative estimate of drug-likeness (QED) is 0.923. The zero-order valence-corrected chi connectivity index (χ0v) is 13.5. The summed E-state index contributed by atoms with van der Waals surface area (Å²) < 4.78 is 0. The lowest BCUT2D eigenvalue weighted by molar-refractivity contribution is -0.129. The predicted octanol–water partition coefficient (Wildman–Crippen LogP) is 1.63. The number of nitrogens with zero attached hydrogens (tertiary/aromatic N) is 2. The maximum absolute atomic E-state index is 12.5. The first-order valence-corrected chi connectivity index (χ1v) is 6.82. The van der Waals surface area contributed by atoms with Crippen molar-refractivity contribution in [1.29, 1.82) is 0 Å². The Labute approximate surface area is 131 Å². The third-order valence-electron chi connectivity index (χ3n) is 3.54. The van der Waals surface area contributed by atoms with Gasteiger partial charge in [0.05, 0.1) is 6.54 Å². The summed E-state index contributed by atoms with van der Waals surface area (Å²) in [6.45, 7) is 1.04. The maximum atomic E-state index is 12.5. The summed E-state index contributed by atoms with van der Waals surface area (Å²) in [5.41, 5.74) is 2.80. The summed E-state index contributed by atoms with van der Waals surface area (Å²) in [5, 5.41) is 3.31. The molecule has 21 heavy (non-hydrogen) atoms. The highest BCUT2D eigenvalue weighted by molar-refractivity contribution is 5.98. The molecule has 0 spiro atoms. The second-order valence-corrected chi connectivity index (χ2v) is 5.31. The van der Waals surface area contributed by atoms with Crippen LogP contribution >= 0.6 is 12.4 Å². The number of carbonyl (C=O) groups is 2. The van der Waals surface area contributed by atoms with E-state index in [1.165, 1.54) is 9.80 Å². The molecule has 0 radical (unpaired) electrons. The number of halogens is 1. The van der Waals surface area contributed by atoms with Crippen molar-refractivity contribution >= 4 is 29.9 Å². The average Bonchev–Trinajstić information content (AvgIpc) is 2.45. The van der Waals surface area contributed by atoms with Gasteiger partial charge in [0.2, 0.25) is 5.91 Å². The second kappa shape index (κ2) is 7.31. The van der Waals surface area contributed by atoms with Crippen molar-refractivity contribution in [3.63, 3.8) is 0 Å². The molecule has 1 aromatic rings. The Morgan fingerprint density at radius 1 is 1.24 bits per heavy atom. The van der Waals surface area contributed by atoms with Gasteiger partial charge in [-0.1, -0.05) is 6.07 Å². The monoisotopic (exact) mass is 311 g/mol. The third kappa shape index (κ3) is 3.88. The van der Waals surface area contributed by atoms with Crippen molar-refractivity contribution in [3.8, 4) is 0 Å². The number of anilines is 1. The van der Waals surface area contributed by atoms with Crippen LogP contribution in [-0.4, -0.2) is 55.8 Å². The number of fused-ring (bicyclic) bond motifs is 1. The van der Waals surface area contributed by atoms with E-state index in [-0.39, 0.29) is 30.8 Å². The molecule has 5 nitrogen and oxygen atoms in total. The lowest BCUT2D eigenvalue weighted by Gasteiger charge is -2.24. The zero-order chi connectivity index (χ0) is 14.7. The van der Waals surface area contributed by atoms with Crippen LogP contribution in [0.25, 0.3) is 0 Å². The van der Waals surface area contributed by atoms with Gasteiger partial charge in [0.1, 0.15) is 0 Å². The Bertz CT molecular complexity index is 532. The van der Waals surface area contributed by atoms with Gasteiger partial charge in [-0.05, 0) is 30.5 Å². The molecule has 1 aliphatic rings. The summed E-state index contributed by atoms with van der Waals surface area (Å²) in [4.78, 5) is 27.2. The molecule has 0 unspecified atom stereocenters. The van der Waals surface area contributed by atoms with Gasteiger partial charge in [-0.3, -0.25) is 9.59 Å². The van der Waals surface area contributed by atoms with Crippen molar-refractivity contribution in [1.82, 2.24) is 9.80 Å². The van der Waals surface area contributed by atoms with Crippen molar-refractivity contribution in [2.45, 2.75) is 12.8 Å². The van der Waals surface area contributed by atoms with E-state index in [0.717, 1.165) is 30.6 Å². The Morgan fingerprint density at radius 2 is 1.95 bits per heavy atom. The minimum Gasteiger partial charge on any atom is -0.385 e. The van der Waals surface area contributed by atoms with Gasteiger partial charge >= 0.3 is 0 Å². The molecule has 0 atom stereocenters. The molecule has 1 N–H and O–H groups in total. The number of hydrogen-bond acceptors (Lipinski definition) is 3. The molecule has 0 aromatic heterocycles. The highest BCUT2D eigenvalue weighted by Gasteiger charge is 2.21. The topological polar surface area (TPSA) is 52.7 Å². The number of rotatable bonds is 3. The predicted molar refractivity (Wildman–Crippen MR) is 86.2 cm³/mol. The summed E-state index contributed by atoms with van der Waals surface area (Å²) >= 11 is 0. The van der Waals surface area contributed by atoms with Crippen LogP contribution in [0.2, 0.25) is 0 Å². The van der Waals surface area contributed by atoms with E-state index in [2.05, 4.69) is 5.32 Å². The van der Waals surface area contributed by atoms with Gasteiger partial charge in [-0.2, -0.15) is 0 Å². The van der Waals surface area contributed by atoms with Crippen molar-refractivity contribution in [3.05, 3.63) is 29.3 Å². The molecule has 0 aliphatic carbocycles. The standard InChI is InChI=1S/C15H21N3O2.ClH/c1-17(2)14(19)10-18(3)15(20)12-6-4-8-13-11(12)7-5-9-16-13;/h4,6,8,16H,5,7,9-10H2,1-3H3;1H. The fraction of sp³-hybridized carbons (Fsp3) is 0.467. The van der Waals surface area contributed by atoms with E-state index in [4.69, 9.17) is 0 Å². The second-order valence-electron chi connectivity index (χ2n) is 5.31. The Kier molecular flexibility index (Phi) is 6.03. The summed E-state index contributed by atoms with van der Waals surface area (Å²) in [6.07, 6.45) is 1.93. The summed E-state index contributed by atoms with van der Waals surface area (Å²) in [6, 6.07) is 5.72. The fourth-order valence-electron chi connectivity index (χ4n) is 2.33. The Balaban J connectivity index is 0.00000220. The number of likely N-dealkylation sites (N-methyl/N-ethyl adjacent to an activating group) is 2. The van der Waals surface area contributed by atoms with Crippen LogP contribution in [0.15, 0.2) is 18.2 Å². The van der Waals surface area contributed by atoms with Crippen LogP contribution in [0, 0.1) is 0 Å². The summed E-state index contributed by atoms with van der Waals surface area (Å²) in [7, 11) is 5.04. The number of benzene rings is 1. The lowest BCUT2D eigenvalue weighted by atomic mass is 9.97. The minimum absolute atomic E-state index is 0. The van der Waals surface area contributed by atoms with Gasteiger partial charge in [-0.15, -0.1) is 12.4 Å². The lowest BCUT2D eigenvalue weighted by Crippen LogP contribution is -2.38. The number of carbonyl (C=O) groups excluding carboxylic acids is 2. The molecular formula is C15H22ClN3O2. The SMILES string of the molecule is CN(C)C(=O)CN(C)C(=O)c1cccc2c1CCCN2.Cl. The molecule has 1 heterocycles. The number of amides is 2. The molecule has 2 rings (SSSR count). The Hall–Kier alpha value is -1.75. The third-order valence-corrected chi connectivity index (χ3v) is 3.54. The first kappa shape index (κ1) is 17.3. The van der Waals surface area contributed by atoms with Crippen LogP contribution in [0.1, 0.15) is 22.3 Å². The smallest absolute Gasteiger partial charge is 0.254 e. The van der Waals surface area contributed by atoms with E-state index in [1.54, 1.807) is 21.1 Å². The van der Waals surface area contributed by atoms with E-state index < -0.39 is 0 Å². The van der Waals surface area contributed by atoms with Crippen LogP contribution in [0.5, 0.6) is 0 Å².